The van der Waals surface area contributed by atoms with Crippen molar-refractivity contribution in [2.75, 3.05) is 103 Å². The first kappa shape index (κ1) is 61.4. The number of alkyl halides is 8. The molecule has 0 saturated heterocycles. The third-order valence-electron chi connectivity index (χ3n) is 6.00. The number of nitrogens with zero attached hydrogens (tertiary/aromatic N) is 6. The Labute approximate surface area is 405 Å². The molecule has 0 spiro atoms. The zero-order valence-corrected chi connectivity index (χ0v) is 42.7. The molecule has 4 N–H and O–H groups in total. The first-order valence-corrected chi connectivity index (χ1v) is 27.7. The van der Waals surface area contributed by atoms with Gasteiger partial charge in [-0.3, -0.25) is 18.3 Å². The van der Waals surface area contributed by atoms with Crippen LogP contribution in [0.2, 0.25) is 10.6 Å². The predicted octanol–water partition coefficient (Wildman–Crippen LogP) is 3.81. The van der Waals surface area contributed by atoms with Crippen molar-refractivity contribution in [3.8, 4) is 0 Å². The molecule has 360 valence electrons. The molecule has 0 bridgehead atoms. The van der Waals surface area contributed by atoms with Gasteiger partial charge in [0.2, 0.25) is 32.8 Å². The molecule has 22 nitrogen and oxygen atoms in total. The summed E-state index contributed by atoms with van der Waals surface area (Å²) in [7, 11) is -17.2. The van der Waals surface area contributed by atoms with E-state index in [0.29, 0.717) is 0 Å². The predicted molar refractivity (Wildman–Crippen MR) is 236 cm³/mol. The molecular formula is C26H40Cl10N6O16P4. The minimum Gasteiger partial charge on any atom is -0.395 e. The van der Waals surface area contributed by atoms with Crippen molar-refractivity contribution in [1.29, 1.82) is 0 Å². The second kappa shape index (κ2) is 32.2. The standard InChI is InChI=1S/2C13H20Cl5N3O8P2/c14-1-3-26-30(24,28-7-9(16)5-22)12-19-11(18)20-13(21-12)31(25,27-4-2-15)29-8-10(17)6-23;14-1-3-26-30(24,27-4-2-15)12-19-11(18)20-13(21-12)31(25,28-7-9(16)5-22)29-8-10(17)6-23/h2*9-10,22-23H,1-8H2. The number of hydrogen-bond donors (Lipinski definition) is 4. The van der Waals surface area contributed by atoms with Crippen LogP contribution in [0.4, 0.5) is 0 Å². The zero-order chi connectivity index (χ0) is 47.0. The molecule has 0 saturated carbocycles. The SMILES string of the molecule is O=P(OCCCl)(OCC(Cl)CO)c1nc(Cl)nc(P(=O)(OCCCl)OCC(Cl)CO)n1.O=P(OCCCl)(OCCCl)c1nc(Cl)nc(P(=O)(OCC(Cl)CO)OCC(Cl)CO)n1. The van der Waals surface area contributed by atoms with E-state index in [1.165, 1.54) is 0 Å². The molecule has 36 heteroatoms. The Morgan fingerprint density at radius 3 is 0.774 bits per heavy atom. The third-order valence-corrected chi connectivity index (χ3v) is 14.8. The van der Waals surface area contributed by atoms with Crippen molar-refractivity contribution in [3.63, 3.8) is 0 Å². The van der Waals surface area contributed by atoms with E-state index in [-0.39, 0.29) is 49.9 Å². The Morgan fingerprint density at radius 2 is 0.581 bits per heavy atom. The summed E-state index contributed by atoms with van der Waals surface area (Å²) in [6.45, 7) is -4.48. The normalized spacial score (nSPS) is 16.9. The second-order valence-corrected chi connectivity index (χ2v) is 23.1. The number of halogens is 10. The van der Waals surface area contributed by atoms with Crippen LogP contribution in [0.25, 0.3) is 0 Å². The van der Waals surface area contributed by atoms with E-state index in [0.717, 1.165) is 0 Å². The highest BCUT2D eigenvalue weighted by Crippen LogP contribution is 2.50. The highest BCUT2D eigenvalue weighted by Gasteiger charge is 2.41. The molecule has 2 aromatic rings. The summed E-state index contributed by atoms with van der Waals surface area (Å²) in [5.41, 5.74) is -2.45. The van der Waals surface area contributed by atoms with Gasteiger partial charge < -0.3 is 56.6 Å². The van der Waals surface area contributed by atoms with Crippen LogP contribution in [0.3, 0.4) is 0 Å². The average molecular weight is 1170 g/mol. The fourth-order valence-corrected chi connectivity index (χ4v) is 11.2. The monoisotopic (exact) mass is 1170 g/mol. The summed E-state index contributed by atoms with van der Waals surface area (Å²) in [5, 5.41) is 31.5. The van der Waals surface area contributed by atoms with E-state index in [9.17, 15) is 18.3 Å². The lowest BCUT2D eigenvalue weighted by Gasteiger charge is -2.21. The van der Waals surface area contributed by atoms with Crippen LogP contribution in [0.1, 0.15) is 0 Å². The van der Waals surface area contributed by atoms with Crippen LogP contribution >= 0.6 is 146 Å². The van der Waals surface area contributed by atoms with Gasteiger partial charge in [0.1, 0.15) is 0 Å². The first-order chi connectivity index (χ1) is 29.3. The van der Waals surface area contributed by atoms with Crippen molar-refractivity contribution in [2.45, 2.75) is 21.5 Å². The highest BCUT2D eigenvalue weighted by molar-refractivity contribution is 7.63. The average Bonchev–Trinajstić information content (AvgIpc) is 3.27. The quantitative estimate of drug-likeness (QED) is 0.0598. The van der Waals surface area contributed by atoms with E-state index in [4.69, 9.17) is 173 Å². The summed E-state index contributed by atoms with van der Waals surface area (Å²) >= 11 is 57.3. The number of hydrogen-bond acceptors (Lipinski definition) is 22. The molecule has 0 aromatic carbocycles. The summed E-state index contributed by atoms with van der Waals surface area (Å²) < 4.78 is 94.6. The Balaban J connectivity index is 0.000000620. The fourth-order valence-electron chi connectivity index (χ4n) is 3.31. The summed E-state index contributed by atoms with van der Waals surface area (Å²) in [6.07, 6.45) is 0. The molecule has 2 heterocycles. The van der Waals surface area contributed by atoms with Gasteiger partial charge >= 0.3 is 30.4 Å². The van der Waals surface area contributed by atoms with Crippen LogP contribution < -0.4 is 22.3 Å². The molecular weight excluding hydrogens is 1130 g/mol. The van der Waals surface area contributed by atoms with Gasteiger partial charge in [-0.25, -0.2) is 0 Å². The molecule has 0 radical (unpaired) electrons. The molecule has 0 fully saturated rings. The van der Waals surface area contributed by atoms with Crippen molar-refractivity contribution < 1.29 is 74.9 Å². The minimum atomic E-state index is -4.40. The number of aromatic nitrogens is 6. The maximum absolute atomic E-state index is 13.4. The number of aliphatic hydroxyl groups is 4. The maximum atomic E-state index is 13.4. The Kier molecular flexibility index (Phi) is 31.9. The third kappa shape index (κ3) is 21.8. The lowest BCUT2D eigenvalue weighted by Crippen LogP contribution is -2.31. The molecule has 0 aliphatic carbocycles. The van der Waals surface area contributed by atoms with Gasteiger partial charge in [-0.2, -0.15) is 29.9 Å². The van der Waals surface area contributed by atoms with E-state index in [1.54, 1.807) is 0 Å². The van der Waals surface area contributed by atoms with Crippen LogP contribution in [-0.4, -0.2) is 175 Å². The van der Waals surface area contributed by atoms with Crippen molar-refractivity contribution in [2.24, 2.45) is 0 Å². The first-order valence-electron chi connectivity index (χ1n) is 16.9. The Bertz CT molecular complexity index is 1730. The molecule has 2 aromatic heterocycles. The van der Waals surface area contributed by atoms with E-state index >= 15 is 0 Å². The van der Waals surface area contributed by atoms with Crippen molar-refractivity contribution in [3.05, 3.63) is 10.6 Å². The van der Waals surface area contributed by atoms with E-state index in [2.05, 4.69) is 29.9 Å². The summed E-state index contributed by atoms with van der Waals surface area (Å²) in [5.74, 6) is -0.160. The van der Waals surface area contributed by atoms with Crippen LogP contribution in [0, 0.1) is 0 Å². The van der Waals surface area contributed by atoms with Crippen LogP contribution in [0.15, 0.2) is 0 Å². The number of rotatable bonds is 32. The Morgan fingerprint density at radius 1 is 0.387 bits per heavy atom. The smallest absolute Gasteiger partial charge is 0.395 e. The van der Waals surface area contributed by atoms with Crippen LogP contribution in [-0.2, 0) is 54.5 Å². The van der Waals surface area contributed by atoms with Crippen molar-refractivity contribution >= 4 is 169 Å². The molecule has 0 aliphatic rings. The van der Waals surface area contributed by atoms with Gasteiger partial charge in [0.25, 0.3) is 0 Å². The molecule has 0 amide bonds. The fraction of sp³-hybridized carbons (Fsp3) is 0.769. The van der Waals surface area contributed by atoms with Gasteiger partial charge in [-0.05, 0) is 23.2 Å². The van der Waals surface area contributed by atoms with Crippen LogP contribution in [0.5, 0.6) is 0 Å². The van der Waals surface area contributed by atoms with Crippen molar-refractivity contribution in [1.82, 2.24) is 29.9 Å². The molecule has 6 atom stereocenters. The minimum absolute atomic E-state index is 0.0266. The van der Waals surface area contributed by atoms with E-state index in [1.807, 2.05) is 0 Å². The lowest BCUT2D eigenvalue weighted by molar-refractivity contribution is 0.180. The van der Waals surface area contributed by atoms with E-state index < -0.39 is 138 Å². The number of aliphatic hydroxyl groups excluding tert-OH is 4. The lowest BCUT2D eigenvalue weighted by atomic mass is 10.5. The largest absolute Gasteiger partial charge is 0.398 e. The van der Waals surface area contributed by atoms with Gasteiger partial charge in [0, 0.05) is 23.5 Å². The zero-order valence-electron chi connectivity index (χ0n) is 31.6. The summed E-state index contributed by atoms with van der Waals surface area (Å²) in [4.78, 5) is 22.6. The molecule has 6 unspecified atom stereocenters. The molecule has 0 aliphatic heterocycles. The Hall–Kier alpha value is 1.36. The highest BCUT2D eigenvalue weighted by atomic mass is 35.5. The van der Waals surface area contributed by atoms with Gasteiger partial charge in [-0.15, -0.1) is 92.8 Å². The molecule has 2 rings (SSSR count). The van der Waals surface area contributed by atoms with Gasteiger partial charge in [0.05, 0.1) is 101 Å². The molecule has 62 heavy (non-hydrogen) atoms. The maximum Gasteiger partial charge on any atom is 0.398 e. The van der Waals surface area contributed by atoms with Gasteiger partial charge in [-0.1, -0.05) is 0 Å². The summed E-state index contributed by atoms with van der Waals surface area (Å²) in [6, 6.07) is 0. The topological polar surface area (TPSA) is 300 Å². The second-order valence-electron chi connectivity index (χ2n) is 10.8. The van der Waals surface area contributed by atoms with Gasteiger partial charge in [0.15, 0.2) is 0 Å².